The van der Waals surface area contributed by atoms with Gasteiger partial charge in [0.25, 0.3) is 11.8 Å². The van der Waals surface area contributed by atoms with Gasteiger partial charge in [0.2, 0.25) is 0 Å². The van der Waals surface area contributed by atoms with Crippen molar-refractivity contribution in [3.8, 4) is 0 Å². The van der Waals surface area contributed by atoms with Gasteiger partial charge in [-0.25, -0.2) is 10.9 Å². The smallest absolute Gasteiger partial charge is 0.267 e. The fourth-order valence-electron chi connectivity index (χ4n) is 2.23. The lowest BCUT2D eigenvalue weighted by atomic mass is 10.1. The summed E-state index contributed by atoms with van der Waals surface area (Å²) in [6, 6.07) is 10.3. The van der Waals surface area contributed by atoms with Crippen LogP contribution in [0.15, 0.2) is 57.4 Å². The first-order chi connectivity index (χ1) is 13.5. The highest BCUT2D eigenvalue weighted by atomic mass is 32.1. The van der Waals surface area contributed by atoms with Gasteiger partial charge in [-0.15, -0.1) is 22.7 Å². The van der Waals surface area contributed by atoms with Gasteiger partial charge in [0.15, 0.2) is 0 Å². The SMILES string of the molecule is Cc1ccsc1/C=N/NC(=O)c1ccc(C(=O)N/N=C/c2sccc2C)cc1. The van der Waals surface area contributed by atoms with Crippen LogP contribution in [0.4, 0.5) is 0 Å². The predicted molar refractivity (Wildman–Crippen MR) is 115 cm³/mol. The Kier molecular flexibility index (Phi) is 6.46. The van der Waals surface area contributed by atoms with E-state index in [1.165, 1.54) is 0 Å². The van der Waals surface area contributed by atoms with E-state index in [1.54, 1.807) is 59.4 Å². The van der Waals surface area contributed by atoms with Gasteiger partial charge in [-0.05, 0) is 72.1 Å². The average molecular weight is 411 g/mol. The third-order valence-corrected chi connectivity index (χ3v) is 5.82. The number of thiophene rings is 2. The Morgan fingerprint density at radius 2 is 1.14 bits per heavy atom. The highest BCUT2D eigenvalue weighted by molar-refractivity contribution is 7.12. The van der Waals surface area contributed by atoms with E-state index in [1.807, 2.05) is 36.7 Å². The number of nitrogens with one attached hydrogen (secondary N) is 2. The minimum atomic E-state index is -0.344. The van der Waals surface area contributed by atoms with Gasteiger partial charge in [-0.3, -0.25) is 9.59 Å². The first kappa shape index (κ1) is 19.7. The molecule has 2 N–H and O–H groups in total. The molecule has 0 aliphatic carbocycles. The second-order valence-corrected chi connectivity index (χ2v) is 7.81. The van der Waals surface area contributed by atoms with Crippen molar-refractivity contribution in [2.24, 2.45) is 10.2 Å². The van der Waals surface area contributed by atoms with Crippen LogP contribution in [0.25, 0.3) is 0 Å². The number of aryl methyl sites for hydroxylation is 2. The van der Waals surface area contributed by atoms with Gasteiger partial charge in [0, 0.05) is 20.9 Å². The molecule has 0 fully saturated rings. The van der Waals surface area contributed by atoms with E-state index in [9.17, 15) is 9.59 Å². The third kappa shape index (κ3) is 4.99. The molecule has 0 aliphatic rings. The molecule has 142 valence electrons. The molecule has 0 unspecified atom stereocenters. The second kappa shape index (κ2) is 9.20. The lowest BCUT2D eigenvalue weighted by Crippen LogP contribution is -2.19. The Bertz CT molecular complexity index is 949. The fourth-order valence-corrected chi connectivity index (χ4v) is 3.81. The normalized spacial score (nSPS) is 11.2. The number of hydrogen-bond donors (Lipinski definition) is 2. The summed E-state index contributed by atoms with van der Waals surface area (Å²) >= 11 is 3.11. The number of amides is 2. The molecule has 0 bridgehead atoms. The van der Waals surface area contributed by atoms with Crippen molar-refractivity contribution in [1.82, 2.24) is 10.9 Å². The number of rotatable bonds is 6. The molecule has 2 aromatic heterocycles. The van der Waals surface area contributed by atoms with E-state index < -0.39 is 0 Å². The highest BCUT2D eigenvalue weighted by Gasteiger charge is 2.08. The van der Waals surface area contributed by atoms with Crippen LogP contribution in [0.3, 0.4) is 0 Å². The number of carbonyl (C=O) groups excluding carboxylic acids is 2. The van der Waals surface area contributed by atoms with Crippen LogP contribution >= 0.6 is 22.7 Å². The number of hydrogen-bond acceptors (Lipinski definition) is 6. The van der Waals surface area contributed by atoms with Gasteiger partial charge in [-0.2, -0.15) is 10.2 Å². The molecule has 0 spiro atoms. The number of hydrazone groups is 2. The minimum absolute atomic E-state index is 0.344. The van der Waals surface area contributed by atoms with Crippen molar-refractivity contribution >= 4 is 46.9 Å². The molecule has 3 rings (SSSR count). The first-order valence-electron chi connectivity index (χ1n) is 8.39. The summed E-state index contributed by atoms with van der Waals surface area (Å²) < 4.78 is 0. The van der Waals surface area contributed by atoms with Gasteiger partial charge in [0.1, 0.15) is 0 Å². The van der Waals surface area contributed by atoms with E-state index in [2.05, 4.69) is 21.1 Å². The Morgan fingerprint density at radius 3 is 1.46 bits per heavy atom. The van der Waals surface area contributed by atoms with Crippen molar-refractivity contribution in [3.63, 3.8) is 0 Å². The van der Waals surface area contributed by atoms with E-state index in [4.69, 9.17) is 0 Å². The summed E-state index contributed by atoms with van der Waals surface area (Å²) in [7, 11) is 0. The van der Waals surface area contributed by atoms with Crippen molar-refractivity contribution < 1.29 is 9.59 Å². The third-order valence-electron chi connectivity index (χ3n) is 3.91. The summed E-state index contributed by atoms with van der Waals surface area (Å²) in [5.41, 5.74) is 8.00. The van der Waals surface area contributed by atoms with E-state index in [0.29, 0.717) is 11.1 Å². The van der Waals surface area contributed by atoms with Crippen molar-refractivity contribution in [3.05, 3.63) is 79.2 Å². The average Bonchev–Trinajstić information content (AvgIpc) is 3.30. The van der Waals surface area contributed by atoms with Crippen LogP contribution in [0, 0.1) is 13.8 Å². The quantitative estimate of drug-likeness (QED) is 0.476. The van der Waals surface area contributed by atoms with Crippen LogP contribution in [0.5, 0.6) is 0 Å². The molecule has 0 atom stereocenters. The van der Waals surface area contributed by atoms with Crippen LogP contribution < -0.4 is 10.9 Å². The molecular formula is C20H18N4O2S2. The summed E-state index contributed by atoms with van der Waals surface area (Å²) in [5, 5.41) is 11.9. The number of benzene rings is 1. The molecule has 1 aromatic carbocycles. The molecule has 0 aliphatic heterocycles. The number of nitrogens with zero attached hydrogens (tertiary/aromatic N) is 2. The molecular weight excluding hydrogens is 392 g/mol. The topological polar surface area (TPSA) is 82.9 Å². The molecule has 8 heteroatoms. The molecule has 6 nitrogen and oxygen atoms in total. The molecule has 0 radical (unpaired) electrons. The second-order valence-electron chi connectivity index (χ2n) is 5.91. The molecule has 28 heavy (non-hydrogen) atoms. The molecule has 2 heterocycles. The van der Waals surface area contributed by atoms with E-state index in [-0.39, 0.29) is 11.8 Å². The zero-order valence-corrected chi connectivity index (χ0v) is 16.9. The monoisotopic (exact) mass is 410 g/mol. The highest BCUT2D eigenvalue weighted by Crippen LogP contribution is 2.13. The zero-order chi connectivity index (χ0) is 19.9. The maximum atomic E-state index is 12.1. The van der Waals surface area contributed by atoms with Gasteiger partial charge in [0.05, 0.1) is 12.4 Å². The van der Waals surface area contributed by atoms with Gasteiger partial charge >= 0.3 is 0 Å². The molecule has 2 amide bonds. The standard InChI is InChI=1S/C20H18N4O2S2/c1-13-7-9-27-17(13)11-21-23-19(25)15-3-5-16(6-4-15)20(26)24-22-12-18-14(2)8-10-28-18/h3-12H,1-2H3,(H,23,25)(H,24,26)/b21-11+,22-12+. The summed E-state index contributed by atoms with van der Waals surface area (Å²) in [6.45, 7) is 3.96. The Labute approximate surface area is 170 Å². The van der Waals surface area contributed by atoms with Crippen LogP contribution in [0.1, 0.15) is 41.6 Å². The lowest BCUT2D eigenvalue weighted by Gasteiger charge is -2.02. The predicted octanol–water partition coefficient (Wildman–Crippen LogP) is 3.95. The Hall–Kier alpha value is -3.10. The largest absolute Gasteiger partial charge is 0.271 e. The maximum Gasteiger partial charge on any atom is 0.271 e. The van der Waals surface area contributed by atoms with Crippen LogP contribution in [0.2, 0.25) is 0 Å². The van der Waals surface area contributed by atoms with Gasteiger partial charge in [-0.1, -0.05) is 0 Å². The van der Waals surface area contributed by atoms with E-state index >= 15 is 0 Å². The van der Waals surface area contributed by atoms with Crippen molar-refractivity contribution in [2.45, 2.75) is 13.8 Å². The minimum Gasteiger partial charge on any atom is -0.267 e. The van der Waals surface area contributed by atoms with Crippen molar-refractivity contribution in [2.75, 3.05) is 0 Å². The lowest BCUT2D eigenvalue weighted by molar-refractivity contribution is 0.0943. The fraction of sp³-hybridized carbons (Fsp3) is 0.100. The Balaban J connectivity index is 1.55. The molecule has 0 saturated heterocycles. The first-order valence-corrected chi connectivity index (χ1v) is 10.2. The van der Waals surface area contributed by atoms with Crippen LogP contribution in [-0.2, 0) is 0 Å². The zero-order valence-electron chi connectivity index (χ0n) is 15.3. The molecule has 0 saturated carbocycles. The molecule has 3 aromatic rings. The van der Waals surface area contributed by atoms with Crippen LogP contribution in [-0.4, -0.2) is 24.2 Å². The number of carbonyl (C=O) groups is 2. The summed E-state index contributed by atoms with van der Waals surface area (Å²) in [4.78, 5) is 26.2. The summed E-state index contributed by atoms with van der Waals surface area (Å²) in [5.74, 6) is -0.688. The van der Waals surface area contributed by atoms with Crippen molar-refractivity contribution in [1.29, 1.82) is 0 Å². The van der Waals surface area contributed by atoms with E-state index in [0.717, 1.165) is 20.9 Å². The van der Waals surface area contributed by atoms with Gasteiger partial charge < -0.3 is 0 Å². The summed E-state index contributed by atoms with van der Waals surface area (Å²) in [6.07, 6.45) is 3.24. The Morgan fingerprint density at radius 1 is 0.750 bits per heavy atom. The maximum absolute atomic E-state index is 12.1.